The molecule has 0 bridgehead atoms. The molecule has 92 valence electrons. The summed E-state index contributed by atoms with van der Waals surface area (Å²) in [7, 11) is 0. The average molecular weight is 224 g/mol. The number of hydrogen-bond donors (Lipinski definition) is 1. The largest absolute Gasteiger partial charge is 0.504 e. The summed E-state index contributed by atoms with van der Waals surface area (Å²) in [6.45, 7) is 8.50. The Morgan fingerprint density at radius 2 is 1.88 bits per heavy atom. The van der Waals surface area contributed by atoms with E-state index in [1.54, 1.807) is 0 Å². The molecule has 1 heterocycles. The van der Waals surface area contributed by atoms with Crippen molar-refractivity contribution in [1.29, 1.82) is 0 Å². The smallest absolute Gasteiger partial charge is 0.160 e. The normalized spacial score (nSPS) is 11.3. The van der Waals surface area contributed by atoms with Crippen molar-refractivity contribution in [3.05, 3.63) is 11.4 Å². The van der Waals surface area contributed by atoms with Crippen LogP contribution in [0.2, 0.25) is 0 Å². The molecule has 0 aliphatic carbocycles. The number of aromatic hydroxyl groups is 1. The van der Waals surface area contributed by atoms with Gasteiger partial charge in [0.05, 0.1) is 5.69 Å². The molecule has 1 aromatic rings. The van der Waals surface area contributed by atoms with Crippen LogP contribution in [-0.2, 0) is 12.8 Å². The van der Waals surface area contributed by atoms with E-state index in [9.17, 15) is 5.11 Å². The van der Waals surface area contributed by atoms with Crippen molar-refractivity contribution in [3.63, 3.8) is 0 Å². The van der Waals surface area contributed by atoms with E-state index in [-0.39, 0.29) is 0 Å². The van der Waals surface area contributed by atoms with Gasteiger partial charge in [-0.25, -0.2) is 0 Å². The molecule has 0 aliphatic rings. The summed E-state index contributed by atoms with van der Waals surface area (Å²) in [5.74, 6) is 0.434. The summed E-state index contributed by atoms with van der Waals surface area (Å²) >= 11 is 0. The number of rotatable bonds is 6. The van der Waals surface area contributed by atoms with E-state index < -0.39 is 0 Å². The lowest BCUT2D eigenvalue weighted by Crippen LogP contribution is -2.07. The summed E-state index contributed by atoms with van der Waals surface area (Å²) in [6.07, 6.45) is 5.06. The maximum Gasteiger partial charge on any atom is 0.160 e. The number of nitrogens with zero attached hydrogens (tertiary/aromatic N) is 2. The zero-order valence-corrected chi connectivity index (χ0v) is 11.0. The summed E-state index contributed by atoms with van der Waals surface area (Å²) in [4.78, 5) is 0. The molecule has 0 fully saturated rings. The molecule has 0 saturated carbocycles. The molecule has 1 aromatic heterocycles. The first-order chi connectivity index (χ1) is 7.61. The third kappa shape index (κ3) is 2.77. The predicted molar refractivity (Wildman–Crippen MR) is 66.9 cm³/mol. The van der Waals surface area contributed by atoms with Gasteiger partial charge in [-0.05, 0) is 33.1 Å². The number of aryl methyl sites for hydroxylation is 1. The van der Waals surface area contributed by atoms with Crippen LogP contribution in [0.5, 0.6) is 5.75 Å². The van der Waals surface area contributed by atoms with Gasteiger partial charge >= 0.3 is 0 Å². The van der Waals surface area contributed by atoms with Crippen LogP contribution < -0.4 is 0 Å². The molecule has 3 nitrogen and oxygen atoms in total. The lowest BCUT2D eigenvalue weighted by atomic mass is 10.1. The zero-order chi connectivity index (χ0) is 12.1. The van der Waals surface area contributed by atoms with Gasteiger partial charge in [0.25, 0.3) is 0 Å². The number of aromatic nitrogens is 2. The molecule has 0 aliphatic heterocycles. The first-order valence-corrected chi connectivity index (χ1v) is 6.41. The molecule has 16 heavy (non-hydrogen) atoms. The highest BCUT2D eigenvalue weighted by Gasteiger charge is 2.17. The average Bonchev–Trinajstić information content (AvgIpc) is 2.55. The van der Waals surface area contributed by atoms with E-state index >= 15 is 0 Å². The topological polar surface area (TPSA) is 38.0 Å². The SMILES string of the molecule is CCCCc1nn(C(C)C)c(CCC)c1O. The summed E-state index contributed by atoms with van der Waals surface area (Å²) in [5, 5.41) is 14.7. The van der Waals surface area contributed by atoms with E-state index in [2.05, 4.69) is 32.8 Å². The fourth-order valence-electron chi connectivity index (χ4n) is 1.92. The molecule has 0 unspecified atom stereocenters. The van der Waals surface area contributed by atoms with Crippen LogP contribution in [0.15, 0.2) is 0 Å². The van der Waals surface area contributed by atoms with Crippen molar-refractivity contribution in [1.82, 2.24) is 9.78 Å². The van der Waals surface area contributed by atoms with Crippen molar-refractivity contribution in [2.45, 2.75) is 65.8 Å². The number of hydrogen-bond acceptors (Lipinski definition) is 2. The van der Waals surface area contributed by atoms with Crippen LogP contribution in [0.25, 0.3) is 0 Å². The highest BCUT2D eigenvalue weighted by molar-refractivity contribution is 5.33. The Hall–Kier alpha value is -0.990. The molecule has 0 atom stereocenters. The second-order valence-electron chi connectivity index (χ2n) is 4.63. The van der Waals surface area contributed by atoms with Gasteiger partial charge in [-0.2, -0.15) is 5.10 Å². The lowest BCUT2D eigenvalue weighted by molar-refractivity contribution is 0.450. The molecule has 1 N–H and O–H groups in total. The summed E-state index contributed by atoms with van der Waals surface area (Å²) in [6, 6.07) is 0.322. The molecular formula is C13H24N2O. The van der Waals surface area contributed by atoms with Gasteiger partial charge in [0.15, 0.2) is 5.75 Å². The summed E-state index contributed by atoms with van der Waals surface area (Å²) < 4.78 is 1.98. The Balaban J connectivity index is 2.98. The molecule has 1 rings (SSSR count). The van der Waals surface area contributed by atoms with Gasteiger partial charge in [0.2, 0.25) is 0 Å². The van der Waals surface area contributed by atoms with Gasteiger partial charge in [-0.3, -0.25) is 4.68 Å². The van der Waals surface area contributed by atoms with Crippen molar-refractivity contribution in [2.24, 2.45) is 0 Å². The van der Waals surface area contributed by atoms with E-state index in [0.717, 1.165) is 43.5 Å². The monoisotopic (exact) mass is 224 g/mol. The van der Waals surface area contributed by atoms with Crippen molar-refractivity contribution in [2.75, 3.05) is 0 Å². The fourth-order valence-corrected chi connectivity index (χ4v) is 1.92. The first-order valence-electron chi connectivity index (χ1n) is 6.41. The second-order valence-corrected chi connectivity index (χ2v) is 4.63. The van der Waals surface area contributed by atoms with Crippen LogP contribution >= 0.6 is 0 Å². The van der Waals surface area contributed by atoms with Gasteiger partial charge < -0.3 is 5.11 Å². The third-order valence-electron chi connectivity index (χ3n) is 2.79. The molecular weight excluding hydrogens is 200 g/mol. The summed E-state index contributed by atoms with van der Waals surface area (Å²) in [5.41, 5.74) is 1.88. The second kappa shape index (κ2) is 5.92. The van der Waals surface area contributed by atoms with Gasteiger partial charge in [0.1, 0.15) is 5.69 Å². The molecule has 0 amide bonds. The Kier molecular flexibility index (Phi) is 4.84. The lowest BCUT2D eigenvalue weighted by Gasteiger charge is -2.09. The van der Waals surface area contributed by atoms with E-state index in [0.29, 0.717) is 11.8 Å². The van der Waals surface area contributed by atoms with Crippen LogP contribution in [0.1, 0.15) is 64.4 Å². The Labute approximate surface area is 98.5 Å². The maximum atomic E-state index is 10.1. The quantitative estimate of drug-likeness (QED) is 0.803. The van der Waals surface area contributed by atoms with Crippen molar-refractivity contribution < 1.29 is 5.11 Å². The molecule has 0 saturated heterocycles. The molecule has 0 spiro atoms. The van der Waals surface area contributed by atoms with Crippen LogP contribution in [0, 0.1) is 0 Å². The van der Waals surface area contributed by atoms with Crippen LogP contribution in [0.3, 0.4) is 0 Å². The third-order valence-corrected chi connectivity index (χ3v) is 2.79. The van der Waals surface area contributed by atoms with Gasteiger partial charge in [-0.1, -0.05) is 26.7 Å². The van der Waals surface area contributed by atoms with Gasteiger partial charge in [0, 0.05) is 6.04 Å². The van der Waals surface area contributed by atoms with Crippen LogP contribution in [0.4, 0.5) is 0 Å². The standard InChI is InChI=1S/C13H24N2O/c1-5-7-9-11-13(16)12(8-6-2)15(14-11)10(3)4/h10,16H,5-9H2,1-4H3. The van der Waals surface area contributed by atoms with Crippen molar-refractivity contribution >= 4 is 0 Å². The van der Waals surface area contributed by atoms with E-state index in [4.69, 9.17) is 0 Å². The minimum Gasteiger partial charge on any atom is -0.504 e. The Morgan fingerprint density at radius 1 is 1.19 bits per heavy atom. The van der Waals surface area contributed by atoms with E-state index in [1.165, 1.54) is 0 Å². The highest BCUT2D eigenvalue weighted by Crippen LogP contribution is 2.27. The highest BCUT2D eigenvalue weighted by atomic mass is 16.3. The predicted octanol–water partition coefficient (Wildman–Crippen LogP) is 3.46. The molecule has 0 radical (unpaired) electrons. The zero-order valence-electron chi connectivity index (χ0n) is 11.0. The molecule has 3 heteroatoms. The minimum atomic E-state index is 0.322. The van der Waals surface area contributed by atoms with Crippen LogP contribution in [-0.4, -0.2) is 14.9 Å². The fraction of sp³-hybridized carbons (Fsp3) is 0.769. The van der Waals surface area contributed by atoms with Gasteiger partial charge in [-0.15, -0.1) is 0 Å². The maximum absolute atomic E-state index is 10.1. The number of unbranched alkanes of at least 4 members (excludes halogenated alkanes) is 1. The molecule has 0 aromatic carbocycles. The first kappa shape index (κ1) is 13.1. The minimum absolute atomic E-state index is 0.322. The Morgan fingerprint density at radius 3 is 2.38 bits per heavy atom. The van der Waals surface area contributed by atoms with Crippen molar-refractivity contribution in [3.8, 4) is 5.75 Å². The van der Waals surface area contributed by atoms with E-state index in [1.807, 2.05) is 4.68 Å². The Bertz CT molecular complexity index is 329.